The molecule has 0 aliphatic rings. The van der Waals surface area contributed by atoms with Gasteiger partial charge in [0.25, 0.3) is 0 Å². The van der Waals surface area contributed by atoms with Gasteiger partial charge in [-0.25, -0.2) is 0 Å². The van der Waals surface area contributed by atoms with Gasteiger partial charge in [-0.15, -0.1) is 11.3 Å². The first kappa shape index (κ1) is 14.0. The Kier molecular flexibility index (Phi) is 4.92. The Morgan fingerprint density at radius 1 is 1.26 bits per heavy atom. The molecule has 0 bridgehead atoms. The molecule has 0 spiro atoms. The van der Waals surface area contributed by atoms with Crippen LogP contribution in [-0.2, 0) is 6.42 Å². The third-order valence-electron chi connectivity index (χ3n) is 2.30. The molecule has 0 aliphatic carbocycles. The number of hydrogen-bond donors (Lipinski definition) is 2. The van der Waals surface area contributed by atoms with Crippen molar-refractivity contribution in [1.29, 1.82) is 0 Å². The molecule has 0 aromatic carbocycles. The van der Waals surface area contributed by atoms with E-state index >= 15 is 0 Å². The van der Waals surface area contributed by atoms with E-state index in [9.17, 15) is 0 Å². The molecule has 0 atom stereocenters. The van der Waals surface area contributed by atoms with E-state index in [4.69, 9.17) is 4.74 Å². The van der Waals surface area contributed by atoms with Gasteiger partial charge in [-0.05, 0) is 34.5 Å². The van der Waals surface area contributed by atoms with Crippen LogP contribution in [0.4, 0.5) is 11.9 Å². The summed E-state index contributed by atoms with van der Waals surface area (Å²) in [4.78, 5) is 13.7. The second kappa shape index (κ2) is 6.67. The number of ether oxygens (including phenoxy) is 1. The van der Waals surface area contributed by atoms with Crippen LogP contribution in [0, 0.1) is 0 Å². The largest absolute Gasteiger partial charge is 0.467 e. The van der Waals surface area contributed by atoms with Gasteiger partial charge >= 0.3 is 6.01 Å². The van der Waals surface area contributed by atoms with E-state index in [1.54, 1.807) is 18.4 Å². The smallest absolute Gasteiger partial charge is 0.322 e. The number of anilines is 2. The van der Waals surface area contributed by atoms with Crippen molar-refractivity contribution in [3.05, 3.63) is 20.8 Å². The summed E-state index contributed by atoms with van der Waals surface area (Å²) in [5.41, 5.74) is 0. The molecule has 0 amide bonds. The van der Waals surface area contributed by atoms with E-state index in [2.05, 4.69) is 47.6 Å². The highest BCUT2D eigenvalue weighted by atomic mass is 79.9. The SMILES string of the molecule is CNc1nc(NCCc2ccc(Br)s2)nc(OC)n1. The fourth-order valence-electron chi connectivity index (χ4n) is 1.42. The van der Waals surface area contributed by atoms with Gasteiger partial charge in [0.1, 0.15) is 0 Å². The summed E-state index contributed by atoms with van der Waals surface area (Å²) >= 11 is 5.17. The monoisotopic (exact) mass is 343 g/mol. The predicted molar refractivity (Wildman–Crippen MR) is 80.1 cm³/mol. The van der Waals surface area contributed by atoms with Crippen LogP contribution in [-0.4, -0.2) is 35.7 Å². The summed E-state index contributed by atoms with van der Waals surface area (Å²) in [6, 6.07) is 4.44. The van der Waals surface area contributed by atoms with Crippen LogP contribution < -0.4 is 15.4 Å². The number of halogens is 1. The number of aromatic nitrogens is 3. The molecule has 0 saturated carbocycles. The van der Waals surface area contributed by atoms with Crippen LogP contribution in [0.15, 0.2) is 15.9 Å². The van der Waals surface area contributed by atoms with Crippen molar-refractivity contribution in [1.82, 2.24) is 15.0 Å². The molecular formula is C11H14BrN5OS. The maximum atomic E-state index is 5.02. The molecule has 0 unspecified atom stereocenters. The number of hydrogen-bond acceptors (Lipinski definition) is 7. The summed E-state index contributed by atoms with van der Waals surface area (Å²) in [6.07, 6.45) is 0.916. The Labute approximate surface area is 123 Å². The van der Waals surface area contributed by atoms with Crippen molar-refractivity contribution < 1.29 is 4.74 Å². The second-order valence-corrected chi connectivity index (χ2v) is 6.15. The van der Waals surface area contributed by atoms with Crippen molar-refractivity contribution in [3.8, 4) is 6.01 Å². The van der Waals surface area contributed by atoms with E-state index in [1.807, 2.05) is 6.07 Å². The van der Waals surface area contributed by atoms with E-state index < -0.39 is 0 Å². The lowest BCUT2D eigenvalue weighted by Crippen LogP contribution is -2.10. The normalized spacial score (nSPS) is 10.3. The first-order valence-electron chi connectivity index (χ1n) is 5.67. The van der Waals surface area contributed by atoms with Gasteiger partial charge in [-0.3, -0.25) is 0 Å². The molecule has 8 heteroatoms. The fourth-order valence-corrected chi connectivity index (χ4v) is 2.90. The summed E-state index contributed by atoms with van der Waals surface area (Å²) in [6.45, 7) is 0.753. The lowest BCUT2D eigenvalue weighted by Gasteiger charge is -2.07. The van der Waals surface area contributed by atoms with Gasteiger partial charge in [0, 0.05) is 18.5 Å². The first-order chi connectivity index (χ1) is 9.21. The van der Waals surface area contributed by atoms with Crippen LogP contribution in [0.5, 0.6) is 6.01 Å². The van der Waals surface area contributed by atoms with Crippen LogP contribution in [0.3, 0.4) is 0 Å². The molecule has 102 valence electrons. The lowest BCUT2D eigenvalue weighted by molar-refractivity contribution is 0.379. The molecule has 0 saturated heterocycles. The lowest BCUT2D eigenvalue weighted by atomic mass is 10.3. The highest BCUT2D eigenvalue weighted by Gasteiger charge is 2.05. The van der Waals surface area contributed by atoms with Crippen LogP contribution in [0.1, 0.15) is 4.88 Å². The maximum absolute atomic E-state index is 5.02. The minimum absolute atomic E-state index is 0.292. The molecule has 0 fully saturated rings. The molecule has 0 radical (unpaired) electrons. The van der Waals surface area contributed by atoms with Crippen molar-refractivity contribution >= 4 is 39.2 Å². The van der Waals surface area contributed by atoms with E-state index in [0.29, 0.717) is 17.9 Å². The molecular weight excluding hydrogens is 330 g/mol. The molecule has 2 aromatic rings. The maximum Gasteiger partial charge on any atom is 0.322 e. The highest BCUT2D eigenvalue weighted by Crippen LogP contribution is 2.22. The quantitative estimate of drug-likeness (QED) is 0.839. The van der Waals surface area contributed by atoms with Gasteiger partial charge < -0.3 is 15.4 Å². The van der Waals surface area contributed by atoms with E-state index in [0.717, 1.165) is 16.8 Å². The first-order valence-corrected chi connectivity index (χ1v) is 7.28. The Bertz CT molecular complexity index is 525. The second-order valence-electron chi connectivity index (χ2n) is 3.60. The van der Waals surface area contributed by atoms with Crippen LogP contribution in [0.25, 0.3) is 0 Å². The van der Waals surface area contributed by atoms with Gasteiger partial charge in [0.05, 0.1) is 10.9 Å². The summed E-state index contributed by atoms with van der Waals surface area (Å²) in [5.74, 6) is 0.986. The Morgan fingerprint density at radius 3 is 2.68 bits per heavy atom. The minimum atomic E-state index is 0.292. The fraction of sp³-hybridized carbons (Fsp3) is 0.364. The number of nitrogens with zero attached hydrogens (tertiary/aromatic N) is 3. The average Bonchev–Trinajstić information content (AvgIpc) is 2.84. The van der Waals surface area contributed by atoms with Gasteiger partial charge in [-0.1, -0.05) is 0 Å². The molecule has 19 heavy (non-hydrogen) atoms. The Morgan fingerprint density at radius 2 is 2.05 bits per heavy atom. The van der Waals surface area contributed by atoms with Crippen molar-refractivity contribution in [3.63, 3.8) is 0 Å². The summed E-state index contributed by atoms with van der Waals surface area (Å²) < 4.78 is 6.16. The zero-order valence-electron chi connectivity index (χ0n) is 10.6. The van der Waals surface area contributed by atoms with Gasteiger partial charge in [0.15, 0.2) is 0 Å². The third-order valence-corrected chi connectivity index (χ3v) is 3.99. The van der Waals surface area contributed by atoms with E-state index in [1.165, 1.54) is 12.0 Å². The molecule has 2 aromatic heterocycles. The van der Waals surface area contributed by atoms with Crippen LogP contribution in [0.2, 0.25) is 0 Å². The van der Waals surface area contributed by atoms with E-state index in [-0.39, 0.29) is 0 Å². The van der Waals surface area contributed by atoms with Gasteiger partial charge in [-0.2, -0.15) is 15.0 Å². The summed E-state index contributed by atoms with van der Waals surface area (Å²) in [5, 5.41) is 6.03. The molecule has 2 rings (SSSR count). The molecule has 6 nitrogen and oxygen atoms in total. The van der Waals surface area contributed by atoms with Crippen LogP contribution >= 0.6 is 27.3 Å². The Balaban J connectivity index is 1.95. The number of nitrogens with one attached hydrogen (secondary N) is 2. The van der Waals surface area contributed by atoms with Crippen molar-refractivity contribution in [2.24, 2.45) is 0 Å². The zero-order valence-corrected chi connectivity index (χ0v) is 13.0. The average molecular weight is 344 g/mol. The van der Waals surface area contributed by atoms with Gasteiger partial charge in [0.2, 0.25) is 11.9 Å². The number of rotatable bonds is 6. The van der Waals surface area contributed by atoms with Crippen molar-refractivity contribution in [2.75, 3.05) is 31.3 Å². The standard InChI is InChI=1S/C11H14BrN5OS/c1-13-9-15-10(17-11(16-9)18-2)14-6-5-7-3-4-8(12)19-7/h3-4H,5-6H2,1-2H3,(H2,13,14,15,16,17). The topological polar surface area (TPSA) is 72.0 Å². The van der Waals surface area contributed by atoms with Crippen molar-refractivity contribution in [2.45, 2.75) is 6.42 Å². The highest BCUT2D eigenvalue weighted by molar-refractivity contribution is 9.11. The number of methoxy groups -OCH3 is 1. The number of thiophene rings is 1. The zero-order chi connectivity index (χ0) is 13.7. The molecule has 2 N–H and O–H groups in total. The molecule has 0 aliphatic heterocycles. The minimum Gasteiger partial charge on any atom is -0.467 e. The third kappa shape index (κ3) is 4.03. The Hall–Kier alpha value is -1.41. The summed E-state index contributed by atoms with van der Waals surface area (Å²) in [7, 11) is 3.28. The predicted octanol–water partition coefficient (Wildman–Crippen LogP) is 2.40. The molecule has 2 heterocycles.